The highest BCUT2D eigenvalue weighted by molar-refractivity contribution is 6.30. The highest BCUT2D eigenvalue weighted by Gasteiger charge is 2.20. The Hall–Kier alpha value is -3.97. The second kappa shape index (κ2) is 8.04. The van der Waals surface area contributed by atoms with Gasteiger partial charge in [0.2, 0.25) is 0 Å². The molecular weight excluding hydrogens is 418 g/mol. The van der Waals surface area contributed by atoms with Gasteiger partial charge in [-0.1, -0.05) is 35.9 Å². The van der Waals surface area contributed by atoms with Crippen molar-refractivity contribution in [1.82, 2.24) is 4.57 Å². The minimum atomic E-state index is -0.536. The summed E-state index contributed by atoms with van der Waals surface area (Å²) in [7, 11) is 1.75. The van der Waals surface area contributed by atoms with Crippen LogP contribution in [0.2, 0.25) is 5.02 Å². The van der Waals surface area contributed by atoms with Crippen LogP contribution in [0.3, 0.4) is 0 Å². The zero-order chi connectivity index (χ0) is 22.1. The number of nitrogens with zero attached hydrogens (tertiary/aromatic N) is 2. The predicted molar refractivity (Wildman–Crippen MR) is 121 cm³/mol. The number of non-ortho nitro benzene ring substituents is 1. The number of nitrogens with one attached hydrogen (secondary N) is 1. The van der Waals surface area contributed by atoms with Crippen molar-refractivity contribution in [2.75, 3.05) is 5.32 Å². The first-order chi connectivity index (χ1) is 14.9. The molecule has 0 spiro atoms. The smallest absolute Gasteiger partial charge is 0.269 e. The first-order valence-corrected chi connectivity index (χ1v) is 9.68. The first-order valence-electron chi connectivity index (χ1n) is 9.30. The van der Waals surface area contributed by atoms with E-state index in [-0.39, 0.29) is 16.7 Å². The monoisotopic (exact) mass is 433 g/mol. The normalized spacial score (nSPS) is 10.8. The number of nitro groups is 1. The number of nitro benzene ring substituents is 1. The van der Waals surface area contributed by atoms with Gasteiger partial charge in [-0.25, -0.2) is 0 Å². The second-order valence-corrected chi connectivity index (χ2v) is 7.33. The van der Waals surface area contributed by atoms with Crippen LogP contribution in [0.5, 0.6) is 0 Å². The van der Waals surface area contributed by atoms with Crippen LogP contribution in [0.1, 0.15) is 10.4 Å². The average molecular weight is 434 g/mol. The van der Waals surface area contributed by atoms with E-state index in [1.807, 2.05) is 6.07 Å². The molecule has 7 nitrogen and oxygen atoms in total. The molecule has 4 rings (SSSR count). The fourth-order valence-electron chi connectivity index (χ4n) is 3.46. The van der Waals surface area contributed by atoms with Gasteiger partial charge >= 0.3 is 0 Å². The summed E-state index contributed by atoms with van der Waals surface area (Å²) in [5.41, 5.74) is 1.39. The number of aryl methyl sites for hydroxylation is 1. The van der Waals surface area contributed by atoms with E-state index in [1.54, 1.807) is 54.1 Å². The zero-order valence-corrected chi connectivity index (χ0v) is 17.1. The number of carbonyl (C=O) groups is 1. The summed E-state index contributed by atoms with van der Waals surface area (Å²) < 4.78 is 1.73. The molecule has 0 unspecified atom stereocenters. The SMILES string of the molecule is Cn1c(NC(=O)c2ccc([N+](=O)[O-])cc2)c(-c2cccc(Cl)c2)c(=O)c2ccccc21. The van der Waals surface area contributed by atoms with Gasteiger partial charge in [-0.05, 0) is 42.0 Å². The number of aromatic nitrogens is 1. The fraction of sp³-hybridized carbons (Fsp3) is 0.0435. The van der Waals surface area contributed by atoms with E-state index >= 15 is 0 Å². The molecule has 0 radical (unpaired) electrons. The number of benzene rings is 3. The van der Waals surface area contributed by atoms with Crippen molar-refractivity contribution in [3.05, 3.63) is 104 Å². The van der Waals surface area contributed by atoms with Crippen LogP contribution in [-0.4, -0.2) is 15.4 Å². The highest BCUT2D eigenvalue weighted by atomic mass is 35.5. The quantitative estimate of drug-likeness (QED) is 0.361. The average Bonchev–Trinajstić information content (AvgIpc) is 2.77. The molecule has 4 aromatic rings. The van der Waals surface area contributed by atoms with Gasteiger partial charge in [0.15, 0.2) is 5.43 Å². The lowest BCUT2D eigenvalue weighted by Crippen LogP contribution is -2.21. The molecule has 8 heteroatoms. The number of pyridine rings is 1. The lowest BCUT2D eigenvalue weighted by atomic mass is 10.0. The maximum absolute atomic E-state index is 13.4. The van der Waals surface area contributed by atoms with Gasteiger partial charge in [0.05, 0.1) is 16.0 Å². The van der Waals surface area contributed by atoms with Crippen LogP contribution in [0.4, 0.5) is 11.5 Å². The highest BCUT2D eigenvalue weighted by Crippen LogP contribution is 2.30. The van der Waals surface area contributed by atoms with Gasteiger partial charge in [0, 0.05) is 35.2 Å². The van der Waals surface area contributed by atoms with Crippen molar-refractivity contribution in [1.29, 1.82) is 0 Å². The molecule has 0 atom stereocenters. The van der Waals surface area contributed by atoms with Crippen molar-refractivity contribution >= 4 is 39.9 Å². The van der Waals surface area contributed by atoms with Crippen molar-refractivity contribution in [2.24, 2.45) is 7.05 Å². The van der Waals surface area contributed by atoms with Gasteiger partial charge in [-0.3, -0.25) is 19.7 Å². The standard InChI is InChI=1S/C23H16ClN3O4/c1-26-19-8-3-2-7-18(19)21(28)20(15-5-4-6-16(24)13-15)22(26)25-23(29)14-9-11-17(12-10-14)27(30)31/h2-13H,1H3,(H,25,29). The minimum absolute atomic E-state index is 0.116. The summed E-state index contributed by atoms with van der Waals surface area (Å²) in [4.78, 5) is 36.6. The molecule has 31 heavy (non-hydrogen) atoms. The van der Waals surface area contributed by atoms with Crippen LogP contribution < -0.4 is 10.7 Å². The van der Waals surface area contributed by atoms with Gasteiger partial charge in [0.25, 0.3) is 11.6 Å². The molecule has 0 aliphatic heterocycles. The Morgan fingerprint density at radius 3 is 2.42 bits per heavy atom. The van der Waals surface area contributed by atoms with Crippen LogP contribution in [-0.2, 0) is 7.05 Å². The molecule has 0 bridgehead atoms. The number of hydrogen-bond acceptors (Lipinski definition) is 4. The van der Waals surface area contributed by atoms with Gasteiger partial charge < -0.3 is 9.88 Å². The number of halogens is 1. The topological polar surface area (TPSA) is 94.2 Å². The van der Waals surface area contributed by atoms with Crippen molar-refractivity contribution < 1.29 is 9.72 Å². The van der Waals surface area contributed by atoms with Gasteiger partial charge in [0.1, 0.15) is 5.82 Å². The Balaban J connectivity index is 1.89. The number of hydrogen-bond donors (Lipinski definition) is 1. The molecule has 0 saturated heterocycles. The molecular formula is C23H16ClN3O4. The number of amides is 1. The van der Waals surface area contributed by atoms with Crippen molar-refractivity contribution in [3.8, 4) is 11.1 Å². The summed E-state index contributed by atoms with van der Waals surface area (Å²) in [6.45, 7) is 0. The molecule has 1 aromatic heterocycles. The van der Waals surface area contributed by atoms with E-state index in [9.17, 15) is 19.7 Å². The molecule has 1 N–H and O–H groups in total. The number of carbonyl (C=O) groups excluding carboxylic acids is 1. The molecule has 1 heterocycles. The summed E-state index contributed by atoms with van der Waals surface area (Å²) >= 11 is 6.15. The summed E-state index contributed by atoms with van der Waals surface area (Å²) in [5, 5.41) is 14.6. The lowest BCUT2D eigenvalue weighted by molar-refractivity contribution is -0.384. The lowest BCUT2D eigenvalue weighted by Gasteiger charge is -2.18. The van der Waals surface area contributed by atoms with Crippen LogP contribution in [0.25, 0.3) is 22.0 Å². The number of para-hydroxylation sites is 1. The Kier molecular flexibility index (Phi) is 5.27. The van der Waals surface area contributed by atoms with E-state index in [2.05, 4.69) is 5.32 Å². The predicted octanol–water partition coefficient (Wildman–Crippen LogP) is 5.02. The van der Waals surface area contributed by atoms with E-state index in [1.165, 1.54) is 24.3 Å². The molecule has 0 aliphatic carbocycles. The van der Waals surface area contributed by atoms with Crippen LogP contribution in [0.15, 0.2) is 77.6 Å². The molecule has 0 saturated carbocycles. The molecule has 154 valence electrons. The molecule has 3 aromatic carbocycles. The number of rotatable bonds is 4. The van der Waals surface area contributed by atoms with Crippen molar-refractivity contribution in [2.45, 2.75) is 0 Å². The maximum atomic E-state index is 13.4. The Morgan fingerprint density at radius 2 is 1.74 bits per heavy atom. The number of anilines is 1. The van der Waals surface area contributed by atoms with Gasteiger partial charge in [-0.15, -0.1) is 0 Å². The Morgan fingerprint density at radius 1 is 1.03 bits per heavy atom. The third-order valence-electron chi connectivity index (χ3n) is 4.99. The first kappa shape index (κ1) is 20.3. The summed E-state index contributed by atoms with van der Waals surface area (Å²) in [6.07, 6.45) is 0. The third kappa shape index (κ3) is 3.78. The van der Waals surface area contributed by atoms with E-state index in [0.29, 0.717) is 32.9 Å². The zero-order valence-electron chi connectivity index (χ0n) is 16.3. The maximum Gasteiger partial charge on any atom is 0.269 e. The summed E-state index contributed by atoms with van der Waals surface area (Å²) in [5.74, 6) is -0.197. The van der Waals surface area contributed by atoms with E-state index in [0.717, 1.165) is 0 Å². The largest absolute Gasteiger partial charge is 0.330 e. The Bertz CT molecular complexity index is 1390. The molecule has 0 fully saturated rings. The Labute approximate surface area is 181 Å². The third-order valence-corrected chi connectivity index (χ3v) is 5.23. The van der Waals surface area contributed by atoms with Crippen molar-refractivity contribution in [3.63, 3.8) is 0 Å². The fourth-order valence-corrected chi connectivity index (χ4v) is 3.65. The second-order valence-electron chi connectivity index (χ2n) is 6.90. The minimum Gasteiger partial charge on any atom is -0.330 e. The summed E-state index contributed by atoms with van der Waals surface area (Å²) in [6, 6.07) is 19.2. The van der Waals surface area contributed by atoms with E-state index < -0.39 is 10.8 Å². The molecule has 1 amide bonds. The number of fused-ring (bicyclic) bond motifs is 1. The van der Waals surface area contributed by atoms with Crippen LogP contribution >= 0.6 is 11.6 Å². The molecule has 0 aliphatic rings. The van der Waals surface area contributed by atoms with Gasteiger partial charge in [-0.2, -0.15) is 0 Å². The van der Waals surface area contributed by atoms with E-state index in [4.69, 9.17) is 11.6 Å². The van der Waals surface area contributed by atoms with Crippen LogP contribution in [0, 0.1) is 10.1 Å².